The van der Waals surface area contributed by atoms with Gasteiger partial charge in [0.2, 0.25) is 0 Å². The molecule has 19 heavy (non-hydrogen) atoms. The molecular weight excluding hydrogens is 286 g/mol. The van der Waals surface area contributed by atoms with Crippen molar-refractivity contribution in [1.29, 1.82) is 0 Å². The van der Waals surface area contributed by atoms with Crippen LogP contribution in [0.15, 0.2) is 24.3 Å². The molecule has 0 spiro atoms. The summed E-state index contributed by atoms with van der Waals surface area (Å²) in [5.74, 6) is -0.192. The van der Waals surface area contributed by atoms with Crippen molar-refractivity contribution >= 4 is 12.4 Å². The van der Waals surface area contributed by atoms with Gasteiger partial charge in [0.15, 0.2) is 0 Å². The minimum Gasteiger partial charge on any atom is -0.428 e. The first-order valence-electron chi connectivity index (χ1n) is 5.68. The summed E-state index contributed by atoms with van der Waals surface area (Å²) in [4.78, 5) is 0. The second kappa shape index (κ2) is 6.43. The van der Waals surface area contributed by atoms with E-state index in [4.69, 9.17) is 0 Å². The Morgan fingerprint density at radius 2 is 1.95 bits per heavy atom. The summed E-state index contributed by atoms with van der Waals surface area (Å²) in [6, 6.07) is 5.93. The molecule has 108 valence electrons. The molecule has 0 bridgehead atoms. The molecule has 2 nitrogen and oxygen atoms in total. The minimum absolute atomic E-state index is 0. The van der Waals surface area contributed by atoms with Crippen LogP contribution in [0.1, 0.15) is 24.4 Å². The molecule has 1 saturated heterocycles. The number of hydrogen-bond donors (Lipinski definition) is 1. The second-order valence-electron chi connectivity index (χ2n) is 4.15. The van der Waals surface area contributed by atoms with Gasteiger partial charge in [-0.3, -0.25) is 0 Å². The van der Waals surface area contributed by atoms with Crippen LogP contribution in [0.4, 0.5) is 17.6 Å². The van der Waals surface area contributed by atoms with Crippen LogP contribution in [0.3, 0.4) is 0 Å². The summed E-state index contributed by atoms with van der Waals surface area (Å²) < 4.78 is 54.2. The topological polar surface area (TPSA) is 21.3 Å². The number of ether oxygens (including phenoxy) is 1. The Kier molecular flexibility index (Phi) is 5.43. The fourth-order valence-electron chi connectivity index (χ4n) is 2.00. The lowest BCUT2D eigenvalue weighted by atomic mass is 10.0. The maximum absolute atomic E-state index is 12.9. The van der Waals surface area contributed by atoms with Gasteiger partial charge in [0.05, 0.1) is 0 Å². The van der Waals surface area contributed by atoms with Crippen molar-refractivity contribution in [2.24, 2.45) is 0 Å². The van der Waals surface area contributed by atoms with Gasteiger partial charge in [-0.1, -0.05) is 18.2 Å². The van der Waals surface area contributed by atoms with Crippen molar-refractivity contribution in [3.8, 4) is 5.75 Å². The van der Waals surface area contributed by atoms with Gasteiger partial charge in [-0.05, 0) is 25.5 Å². The fourth-order valence-corrected chi connectivity index (χ4v) is 2.00. The van der Waals surface area contributed by atoms with Crippen LogP contribution in [0.25, 0.3) is 0 Å². The maximum Gasteiger partial charge on any atom is 0.461 e. The van der Waals surface area contributed by atoms with E-state index in [1.807, 2.05) is 0 Å². The molecule has 1 aliphatic heterocycles. The highest BCUT2D eigenvalue weighted by Gasteiger charge is 2.44. The highest BCUT2D eigenvalue weighted by atomic mass is 35.5. The van der Waals surface area contributed by atoms with Crippen molar-refractivity contribution in [3.05, 3.63) is 29.8 Å². The van der Waals surface area contributed by atoms with Gasteiger partial charge in [-0.25, -0.2) is 0 Å². The first kappa shape index (κ1) is 16.0. The molecule has 1 fully saturated rings. The van der Waals surface area contributed by atoms with Gasteiger partial charge in [0, 0.05) is 11.6 Å². The van der Waals surface area contributed by atoms with Crippen LogP contribution in [0.2, 0.25) is 0 Å². The SMILES string of the molecule is Cl.FC(F)C(F)(F)Oc1ccccc1[C@@H]1CCCN1. The lowest BCUT2D eigenvalue weighted by molar-refractivity contribution is -0.253. The monoisotopic (exact) mass is 299 g/mol. The Labute approximate surface area is 114 Å². The molecule has 7 heteroatoms. The van der Waals surface area contributed by atoms with Gasteiger partial charge in [0.1, 0.15) is 5.75 Å². The van der Waals surface area contributed by atoms with Crippen molar-refractivity contribution in [1.82, 2.24) is 5.32 Å². The van der Waals surface area contributed by atoms with E-state index in [0.717, 1.165) is 19.4 Å². The highest BCUT2D eigenvalue weighted by Crippen LogP contribution is 2.35. The second-order valence-corrected chi connectivity index (χ2v) is 4.15. The number of halogens is 5. The van der Waals surface area contributed by atoms with Gasteiger partial charge in [-0.15, -0.1) is 12.4 Å². The summed E-state index contributed by atoms with van der Waals surface area (Å²) in [6.45, 7) is 0.782. The Morgan fingerprint density at radius 1 is 1.26 bits per heavy atom. The lowest BCUT2D eigenvalue weighted by Crippen LogP contribution is -2.34. The zero-order valence-electron chi connectivity index (χ0n) is 9.91. The normalized spacial score (nSPS) is 19.3. The Morgan fingerprint density at radius 3 is 2.53 bits per heavy atom. The van der Waals surface area contributed by atoms with E-state index in [9.17, 15) is 17.6 Å². The van der Waals surface area contributed by atoms with E-state index >= 15 is 0 Å². The third kappa shape index (κ3) is 3.73. The predicted molar refractivity (Wildman–Crippen MR) is 65.2 cm³/mol. The van der Waals surface area contributed by atoms with Crippen LogP contribution in [-0.4, -0.2) is 19.1 Å². The number of nitrogens with one attached hydrogen (secondary N) is 1. The number of benzene rings is 1. The van der Waals surface area contributed by atoms with Gasteiger partial charge in [0.25, 0.3) is 0 Å². The summed E-state index contributed by atoms with van der Waals surface area (Å²) in [6.07, 6.45) is -6.61. The zero-order valence-corrected chi connectivity index (χ0v) is 10.7. The number of alkyl halides is 4. The van der Waals surface area contributed by atoms with Crippen molar-refractivity contribution in [2.45, 2.75) is 31.4 Å². The summed E-state index contributed by atoms with van der Waals surface area (Å²) in [5.41, 5.74) is 0.496. The minimum atomic E-state index is -4.46. The largest absolute Gasteiger partial charge is 0.461 e. The standard InChI is InChI=1S/C12H13F4NO.ClH/c13-11(14)12(15,16)18-10-6-2-1-4-8(10)9-5-3-7-17-9;/h1-2,4,6,9,11,17H,3,5,7H2;1H/t9-;/m0./s1. The van der Waals surface area contributed by atoms with Crippen LogP contribution in [0.5, 0.6) is 5.75 Å². The number of para-hydroxylation sites is 1. The van der Waals surface area contributed by atoms with Crippen LogP contribution >= 0.6 is 12.4 Å². The van der Waals surface area contributed by atoms with E-state index in [2.05, 4.69) is 10.1 Å². The van der Waals surface area contributed by atoms with Crippen LogP contribution in [0, 0.1) is 0 Å². The zero-order chi connectivity index (χ0) is 13.2. The van der Waals surface area contributed by atoms with Gasteiger partial charge in [-0.2, -0.15) is 17.6 Å². The Bertz CT molecular complexity index is 410. The lowest BCUT2D eigenvalue weighted by Gasteiger charge is -2.21. The predicted octanol–water partition coefficient (Wildman–Crippen LogP) is 3.77. The van der Waals surface area contributed by atoms with E-state index in [-0.39, 0.29) is 24.2 Å². The van der Waals surface area contributed by atoms with Crippen molar-refractivity contribution in [3.63, 3.8) is 0 Å². The van der Waals surface area contributed by atoms with Crippen LogP contribution < -0.4 is 10.1 Å². The molecule has 1 N–H and O–H groups in total. The van der Waals surface area contributed by atoms with E-state index < -0.39 is 12.5 Å². The molecule has 0 radical (unpaired) electrons. The Hall–Kier alpha value is -1.01. The average molecular weight is 300 g/mol. The summed E-state index contributed by atoms with van der Waals surface area (Å²) in [5, 5.41) is 3.12. The van der Waals surface area contributed by atoms with Gasteiger partial charge < -0.3 is 10.1 Å². The molecule has 1 aromatic carbocycles. The molecule has 1 aliphatic rings. The highest BCUT2D eigenvalue weighted by molar-refractivity contribution is 5.85. The summed E-state index contributed by atoms with van der Waals surface area (Å²) >= 11 is 0. The molecule has 1 aromatic rings. The average Bonchev–Trinajstić information content (AvgIpc) is 2.82. The van der Waals surface area contributed by atoms with E-state index in [1.54, 1.807) is 12.1 Å². The summed E-state index contributed by atoms with van der Waals surface area (Å²) in [7, 11) is 0. The first-order chi connectivity index (χ1) is 8.50. The maximum atomic E-state index is 12.9. The van der Waals surface area contributed by atoms with Crippen molar-refractivity contribution in [2.75, 3.05) is 6.54 Å². The molecule has 2 rings (SSSR count). The number of rotatable bonds is 4. The molecule has 0 amide bonds. The molecule has 0 aliphatic carbocycles. The van der Waals surface area contributed by atoms with Gasteiger partial charge >= 0.3 is 12.5 Å². The quantitative estimate of drug-likeness (QED) is 0.855. The molecule has 0 unspecified atom stereocenters. The molecule has 1 heterocycles. The third-order valence-corrected chi connectivity index (χ3v) is 2.85. The van der Waals surface area contributed by atoms with Crippen LogP contribution in [-0.2, 0) is 0 Å². The first-order valence-corrected chi connectivity index (χ1v) is 5.68. The van der Waals surface area contributed by atoms with E-state index in [0.29, 0.717) is 5.56 Å². The molecule has 1 atom stereocenters. The molecule has 0 aromatic heterocycles. The fraction of sp³-hybridized carbons (Fsp3) is 0.500. The third-order valence-electron chi connectivity index (χ3n) is 2.85. The molecule has 0 saturated carbocycles. The smallest absolute Gasteiger partial charge is 0.428 e. The van der Waals surface area contributed by atoms with E-state index in [1.165, 1.54) is 12.1 Å². The molecular formula is C12H14ClF4NO. The Balaban J connectivity index is 0.00000180. The number of hydrogen-bond acceptors (Lipinski definition) is 2. The van der Waals surface area contributed by atoms with Crippen molar-refractivity contribution < 1.29 is 22.3 Å².